The smallest absolute Gasteiger partial charge is 0.221 e. The summed E-state index contributed by atoms with van der Waals surface area (Å²) in [6, 6.07) is 9.72. The van der Waals surface area contributed by atoms with Crippen LogP contribution in [0.4, 0.5) is 0 Å². The van der Waals surface area contributed by atoms with Gasteiger partial charge in [-0.15, -0.1) is 0 Å². The third kappa shape index (κ3) is 2.65. The Morgan fingerprint density at radius 1 is 1.05 bits per heavy atom. The van der Waals surface area contributed by atoms with Crippen molar-refractivity contribution in [3.8, 4) is 11.6 Å². The minimum absolute atomic E-state index is 0.525. The Bertz CT molecular complexity index is 746. The van der Waals surface area contributed by atoms with Crippen LogP contribution < -0.4 is 4.74 Å². The summed E-state index contributed by atoms with van der Waals surface area (Å²) in [6.45, 7) is 2.03. The average Bonchev–Trinajstić information content (AvgIpc) is 2.43. The van der Waals surface area contributed by atoms with Crippen LogP contribution in [0.3, 0.4) is 0 Å². The molecule has 0 aliphatic rings. The number of pyridine rings is 1. The highest BCUT2D eigenvalue weighted by atomic mass is 127. The van der Waals surface area contributed by atoms with Crippen molar-refractivity contribution in [2.75, 3.05) is 0 Å². The first-order valence-electron chi connectivity index (χ1n) is 5.74. The fourth-order valence-electron chi connectivity index (χ4n) is 1.70. The first-order valence-corrected chi connectivity index (χ1v) is 6.82. The van der Waals surface area contributed by atoms with Crippen molar-refractivity contribution in [3.63, 3.8) is 0 Å². The van der Waals surface area contributed by atoms with E-state index in [0.29, 0.717) is 11.5 Å². The summed E-state index contributed by atoms with van der Waals surface area (Å²) in [5.74, 6) is 1.33. The summed E-state index contributed by atoms with van der Waals surface area (Å²) in [5.41, 5.74) is 2.49. The van der Waals surface area contributed by atoms with E-state index >= 15 is 0 Å². The van der Waals surface area contributed by atoms with E-state index in [1.54, 1.807) is 18.5 Å². The van der Waals surface area contributed by atoms with Crippen LogP contribution in [-0.2, 0) is 0 Å². The monoisotopic (exact) mass is 363 g/mol. The molecule has 1 aromatic carbocycles. The molecule has 0 spiro atoms. The van der Waals surface area contributed by atoms with Gasteiger partial charge in [0.2, 0.25) is 5.88 Å². The number of fused-ring (bicyclic) bond motifs is 1. The Morgan fingerprint density at radius 3 is 2.79 bits per heavy atom. The maximum absolute atomic E-state index is 5.81. The lowest BCUT2D eigenvalue weighted by atomic mass is 10.2. The zero-order chi connectivity index (χ0) is 13.2. The van der Waals surface area contributed by atoms with Gasteiger partial charge in [-0.25, -0.2) is 4.98 Å². The van der Waals surface area contributed by atoms with Crippen molar-refractivity contribution in [1.29, 1.82) is 0 Å². The van der Waals surface area contributed by atoms with Gasteiger partial charge in [-0.2, -0.15) is 4.98 Å². The molecule has 3 rings (SSSR count). The molecule has 5 heteroatoms. The first kappa shape index (κ1) is 12.3. The highest BCUT2D eigenvalue weighted by molar-refractivity contribution is 14.1. The van der Waals surface area contributed by atoms with Crippen LogP contribution >= 0.6 is 22.6 Å². The summed E-state index contributed by atoms with van der Waals surface area (Å²) < 4.78 is 6.86. The number of benzene rings is 1. The summed E-state index contributed by atoms with van der Waals surface area (Å²) in [5, 5.41) is 0. The number of aromatic nitrogens is 3. The molecule has 0 N–H and O–H groups in total. The van der Waals surface area contributed by atoms with E-state index < -0.39 is 0 Å². The minimum atomic E-state index is 0.525. The molecule has 3 aromatic rings. The molecule has 0 fully saturated rings. The number of nitrogens with zero attached hydrogens (tertiary/aromatic N) is 3. The number of aryl methyl sites for hydroxylation is 1. The van der Waals surface area contributed by atoms with Crippen LogP contribution in [0, 0.1) is 10.5 Å². The highest BCUT2D eigenvalue weighted by Crippen LogP contribution is 2.27. The fourth-order valence-corrected chi connectivity index (χ4v) is 2.14. The van der Waals surface area contributed by atoms with Gasteiger partial charge in [0.25, 0.3) is 0 Å². The molecular formula is C14H10IN3O. The fraction of sp³-hybridized carbons (Fsp3) is 0.0714. The maximum Gasteiger partial charge on any atom is 0.221 e. The van der Waals surface area contributed by atoms with Crippen LogP contribution in [0.2, 0.25) is 0 Å². The number of hydrogen-bond acceptors (Lipinski definition) is 4. The van der Waals surface area contributed by atoms with Crippen LogP contribution in [-0.4, -0.2) is 15.0 Å². The van der Waals surface area contributed by atoms with Gasteiger partial charge in [-0.3, -0.25) is 4.98 Å². The van der Waals surface area contributed by atoms with Crippen LogP contribution in [0.5, 0.6) is 11.6 Å². The molecule has 0 radical (unpaired) electrons. The molecule has 2 aromatic heterocycles. The van der Waals surface area contributed by atoms with E-state index in [0.717, 1.165) is 20.4 Å². The first-order chi connectivity index (χ1) is 9.22. The van der Waals surface area contributed by atoms with E-state index in [1.165, 1.54) is 0 Å². The average molecular weight is 363 g/mol. The Balaban J connectivity index is 1.98. The van der Waals surface area contributed by atoms with Gasteiger partial charge >= 0.3 is 0 Å². The third-order valence-corrected chi connectivity index (χ3v) is 3.50. The van der Waals surface area contributed by atoms with Gasteiger partial charge in [0.05, 0.1) is 3.57 Å². The van der Waals surface area contributed by atoms with Gasteiger partial charge in [0.15, 0.2) is 5.65 Å². The second kappa shape index (κ2) is 5.08. The largest absolute Gasteiger partial charge is 0.438 e. The molecule has 2 heterocycles. The molecule has 0 saturated heterocycles. The SMILES string of the molecule is Cc1ccc(I)c(Oc2ccc3nccnc3n2)c1. The Hall–Kier alpha value is -1.76. The zero-order valence-electron chi connectivity index (χ0n) is 10.2. The van der Waals surface area contributed by atoms with Crippen molar-refractivity contribution in [1.82, 2.24) is 15.0 Å². The molecule has 94 valence electrons. The molecule has 19 heavy (non-hydrogen) atoms. The zero-order valence-corrected chi connectivity index (χ0v) is 12.3. The summed E-state index contributed by atoms with van der Waals surface area (Å²) >= 11 is 2.24. The van der Waals surface area contributed by atoms with Gasteiger partial charge in [-0.1, -0.05) is 6.07 Å². The van der Waals surface area contributed by atoms with Crippen LogP contribution in [0.15, 0.2) is 42.7 Å². The molecule has 4 nitrogen and oxygen atoms in total. The van der Waals surface area contributed by atoms with E-state index in [-0.39, 0.29) is 0 Å². The van der Waals surface area contributed by atoms with Gasteiger partial charge in [0.1, 0.15) is 11.3 Å². The lowest BCUT2D eigenvalue weighted by Crippen LogP contribution is -1.93. The van der Waals surface area contributed by atoms with Crippen LogP contribution in [0.1, 0.15) is 5.56 Å². The normalized spacial score (nSPS) is 10.6. The molecule has 0 aliphatic carbocycles. The Labute approximate surface area is 124 Å². The molecule has 0 atom stereocenters. The van der Waals surface area contributed by atoms with E-state index in [1.807, 2.05) is 31.2 Å². The van der Waals surface area contributed by atoms with E-state index in [2.05, 4.69) is 37.5 Å². The summed E-state index contributed by atoms with van der Waals surface area (Å²) in [6.07, 6.45) is 3.27. The minimum Gasteiger partial charge on any atom is -0.438 e. The van der Waals surface area contributed by atoms with E-state index in [9.17, 15) is 0 Å². The van der Waals surface area contributed by atoms with E-state index in [4.69, 9.17) is 4.74 Å². The van der Waals surface area contributed by atoms with Gasteiger partial charge in [-0.05, 0) is 53.3 Å². The van der Waals surface area contributed by atoms with Crippen LogP contribution in [0.25, 0.3) is 11.2 Å². The lowest BCUT2D eigenvalue weighted by molar-refractivity contribution is 0.461. The molecule has 0 amide bonds. The number of rotatable bonds is 2. The van der Waals surface area contributed by atoms with Crippen molar-refractivity contribution in [3.05, 3.63) is 51.9 Å². The Morgan fingerprint density at radius 2 is 1.89 bits per heavy atom. The highest BCUT2D eigenvalue weighted by Gasteiger charge is 2.05. The number of hydrogen-bond donors (Lipinski definition) is 0. The summed E-state index contributed by atoms with van der Waals surface area (Å²) in [4.78, 5) is 12.7. The van der Waals surface area contributed by atoms with Gasteiger partial charge < -0.3 is 4.74 Å². The maximum atomic E-state index is 5.81. The predicted molar refractivity (Wildman–Crippen MR) is 81.3 cm³/mol. The Kier molecular flexibility index (Phi) is 3.29. The van der Waals surface area contributed by atoms with Crippen molar-refractivity contribution in [2.45, 2.75) is 6.92 Å². The molecular weight excluding hydrogens is 353 g/mol. The second-order valence-corrected chi connectivity index (χ2v) is 5.25. The second-order valence-electron chi connectivity index (χ2n) is 4.08. The topological polar surface area (TPSA) is 47.9 Å². The molecule has 0 unspecified atom stereocenters. The van der Waals surface area contributed by atoms with Crippen molar-refractivity contribution >= 4 is 33.8 Å². The molecule has 0 aliphatic heterocycles. The standard InChI is InChI=1S/C14H10IN3O/c1-9-2-3-10(15)12(8-9)19-13-5-4-11-14(18-13)17-7-6-16-11/h2-8H,1H3. The molecule has 0 saturated carbocycles. The number of ether oxygens (including phenoxy) is 1. The quantitative estimate of drug-likeness (QED) is 0.651. The molecule has 0 bridgehead atoms. The van der Waals surface area contributed by atoms with Crippen molar-refractivity contribution in [2.24, 2.45) is 0 Å². The predicted octanol–water partition coefficient (Wildman–Crippen LogP) is 3.73. The lowest BCUT2D eigenvalue weighted by Gasteiger charge is -2.08. The van der Waals surface area contributed by atoms with Crippen molar-refractivity contribution < 1.29 is 4.74 Å². The summed E-state index contributed by atoms with van der Waals surface area (Å²) in [7, 11) is 0. The number of halogens is 1. The third-order valence-electron chi connectivity index (χ3n) is 2.61. The van der Waals surface area contributed by atoms with Gasteiger partial charge in [0, 0.05) is 18.5 Å².